The van der Waals surface area contributed by atoms with E-state index in [0.717, 1.165) is 44.7 Å². The average Bonchev–Trinajstić information content (AvgIpc) is 2.41. The summed E-state index contributed by atoms with van der Waals surface area (Å²) in [5.41, 5.74) is 0. The highest BCUT2D eigenvalue weighted by molar-refractivity contribution is 4.77. The number of rotatable bonds is 10. The van der Waals surface area contributed by atoms with Gasteiger partial charge in [0.2, 0.25) is 0 Å². The zero-order valence-electron chi connectivity index (χ0n) is 13.1. The molecule has 0 amide bonds. The molecule has 0 radical (unpaired) electrons. The Balaban J connectivity index is 1.92. The van der Waals surface area contributed by atoms with E-state index in [1.807, 2.05) is 0 Å². The molecule has 0 aromatic heterocycles. The molecule has 114 valence electrons. The Labute approximate surface area is 119 Å². The molecule has 1 fully saturated rings. The van der Waals surface area contributed by atoms with Crippen LogP contribution in [0, 0.1) is 5.92 Å². The summed E-state index contributed by atoms with van der Waals surface area (Å²) in [6.45, 7) is 10.2. The standard InChI is InChI=1S/C16H33NO2/c1-4-10-17-15-5-7-16(8-6-15)19-13-12-18-11-9-14(2)3/h14-17H,4-13H2,1-3H3. The van der Waals surface area contributed by atoms with E-state index in [2.05, 4.69) is 26.1 Å². The Morgan fingerprint density at radius 2 is 1.79 bits per heavy atom. The van der Waals surface area contributed by atoms with Gasteiger partial charge in [0.1, 0.15) is 0 Å². The van der Waals surface area contributed by atoms with E-state index in [4.69, 9.17) is 9.47 Å². The third-order valence-electron chi connectivity index (χ3n) is 3.78. The molecule has 0 aromatic carbocycles. The highest BCUT2D eigenvalue weighted by atomic mass is 16.5. The maximum Gasteiger partial charge on any atom is 0.0704 e. The Morgan fingerprint density at radius 1 is 1.05 bits per heavy atom. The number of hydrogen-bond donors (Lipinski definition) is 1. The Hall–Kier alpha value is -0.120. The lowest BCUT2D eigenvalue weighted by Crippen LogP contribution is -2.36. The van der Waals surface area contributed by atoms with Crippen LogP contribution < -0.4 is 5.32 Å². The lowest BCUT2D eigenvalue weighted by atomic mass is 9.93. The molecule has 0 aromatic rings. The number of hydrogen-bond acceptors (Lipinski definition) is 3. The van der Waals surface area contributed by atoms with Crippen molar-refractivity contribution in [2.75, 3.05) is 26.4 Å². The third kappa shape index (κ3) is 8.61. The predicted molar refractivity (Wildman–Crippen MR) is 80.6 cm³/mol. The van der Waals surface area contributed by atoms with Crippen LogP contribution in [0.2, 0.25) is 0 Å². The molecule has 0 spiro atoms. The van der Waals surface area contributed by atoms with Gasteiger partial charge in [-0.2, -0.15) is 0 Å². The highest BCUT2D eigenvalue weighted by Gasteiger charge is 2.20. The van der Waals surface area contributed by atoms with E-state index in [1.165, 1.54) is 32.1 Å². The zero-order valence-corrected chi connectivity index (χ0v) is 13.1. The molecule has 0 aliphatic heterocycles. The van der Waals surface area contributed by atoms with Crippen molar-refractivity contribution < 1.29 is 9.47 Å². The number of ether oxygens (including phenoxy) is 2. The fraction of sp³-hybridized carbons (Fsp3) is 1.00. The molecule has 0 bridgehead atoms. The zero-order chi connectivity index (χ0) is 13.9. The van der Waals surface area contributed by atoms with Gasteiger partial charge < -0.3 is 14.8 Å². The second kappa shape index (κ2) is 10.6. The molecule has 3 nitrogen and oxygen atoms in total. The van der Waals surface area contributed by atoms with Gasteiger partial charge in [0.25, 0.3) is 0 Å². The van der Waals surface area contributed by atoms with E-state index < -0.39 is 0 Å². The summed E-state index contributed by atoms with van der Waals surface area (Å²) in [6.07, 6.45) is 7.77. The predicted octanol–water partition coefficient (Wildman–Crippen LogP) is 3.38. The van der Waals surface area contributed by atoms with Crippen molar-refractivity contribution in [3.05, 3.63) is 0 Å². The first-order chi connectivity index (χ1) is 9.22. The first kappa shape index (κ1) is 16.9. The second-order valence-electron chi connectivity index (χ2n) is 6.09. The third-order valence-corrected chi connectivity index (χ3v) is 3.78. The normalized spacial score (nSPS) is 24.0. The molecule has 3 heteroatoms. The van der Waals surface area contributed by atoms with Crippen LogP contribution in [-0.4, -0.2) is 38.5 Å². The lowest BCUT2D eigenvalue weighted by Gasteiger charge is -2.29. The minimum absolute atomic E-state index is 0.466. The summed E-state index contributed by atoms with van der Waals surface area (Å²) in [5, 5.41) is 3.61. The van der Waals surface area contributed by atoms with Crippen LogP contribution >= 0.6 is 0 Å². The Bertz CT molecular complexity index is 201. The van der Waals surface area contributed by atoms with Crippen LogP contribution in [0.15, 0.2) is 0 Å². The van der Waals surface area contributed by atoms with Crippen molar-refractivity contribution in [1.29, 1.82) is 0 Å². The quantitative estimate of drug-likeness (QED) is 0.618. The van der Waals surface area contributed by atoms with E-state index in [0.29, 0.717) is 6.10 Å². The molecular weight excluding hydrogens is 238 g/mol. The van der Waals surface area contributed by atoms with Gasteiger partial charge in [-0.25, -0.2) is 0 Å². The summed E-state index contributed by atoms with van der Waals surface area (Å²) in [7, 11) is 0. The Morgan fingerprint density at radius 3 is 2.42 bits per heavy atom. The maximum atomic E-state index is 5.89. The lowest BCUT2D eigenvalue weighted by molar-refractivity contribution is -0.0148. The van der Waals surface area contributed by atoms with Crippen LogP contribution in [0.5, 0.6) is 0 Å². The smallest absolute Gasteiger partial charge is 0.0704 e. The fourth-order valence-corrected chi connectivity index (χ4v) is 2.48. The van der Waals surface area contributed by atoms with Gasteiger partial charge in [-0.15, -0.1) is 0 Å². The van der Waals surface area contributed by atoms with Gasteiger partial charge in [-0.05, 0) is 51.0 Å². The molecule has 19 heavy (non-hydrogen) atoms. The van der Waals surface area contributed by atoms with Gasteiger partial charge >= 0.3 is 0 Å². The van der Waals surface area contributed by atoms with Crippen molar-refractivity contribution >= 4 is 0 Å². The van der Waals surface area contributed by atoms with Gasteiger partial charge in [0.05, 0.1) is 19.3 Å². The molecule has 1 aliphatic rings. The Kier molecular flexibility index (Phi) is 9.48. The van der Waals surface area contributed by atoms with Gasteiger partial charge in [0.15, 0.2) is 0 Å². The van der Waals surface area contributed by atoms with Crippen LogP contribution in [0.1, 0.15) is 59.3 Å². The van der Waals surface area contributed by atoms with Crippen molar-refractivity contribution in [3.8, 4) is 0 Å². The van der Waals surface area contributed by atoms with E-state index >= 15 is 0 Å². The second-order valence-corrected chi connectivity index (χ2v) is 6.09. The minimum Gasteiger partial charge on any atom is -0.379 e. The monoisotopic (exact) mass is 271 g/mol. The first-order valence-electron chi connectivity index (χ1n) is 8.15. The van der Waals surface area contributed by atoms with Crippen LogP contribution in [0.4, 0.5) is 0 Å². The van der Waals surface area contributed by atoms with E-state index in [-0.39, 0.29) is 0 Å². The first-order valence-corrected chi connectivity index (χ1v) is 8.15. The van der Waals surface area contributed by atoms with E-state index in [1.54, 1.807) is 0 Å². The molecule has 0 heterocycles. The van der Waals surface area contributed by atoms with Crippen LogP contribution in [0.25, 0.3) is 0 Å². The molecule has 1 aliphatic carbocycles. The largest absolute Gasteiger partial charge is 0.379 e. The molecule has 0 atom stereocenters. The van der Waals surface area contributed by atoms with Crippen LogP contribution in [0.3, 0.4) is 0 Å². The van der Waals surface area contributed by atoms with E-state index in [9.17, 15) is 0 Å². The topological polar surface area (TPSA) is 30.5 Å². The van der Waals surface area contributed by atoms with Crippen molar-refractivity contribution in [2.24, 2.45) is 5.92 Å². The summed E-state index contributed by atoms with van der Waals surface area (Å²) < 4.78 is 11.5. The maximum absolute atomic E-state index is 5.89. The molecule has 1 N–H and O–H groups in total. The number of nitrogens with one attached hydrogen (secondary N) is 1. The average molecular weight is 271 g/mol. The van der Waals surface area contributed by atoms with Crippen molar-refractivity contribution in [1.82, 2.24) is 5.32 Å². The molecule has 0 saturated heterocycles. The van der Waals surface area contributed by atoms with Gasteiger partial charge in [-0.1, -0.05) is 20.8 Å². The molecular formula is C16H33NO2. The molecule has 1 rings (SSSR count). The minimum atomic E-state index is 0.466. The molecule has 0 unspecified atom stereocenters. The highest BCUT2D eigenvalue weighted by Crippen LogP contribution is 2.21. The van der Waals surface area contributed by atoms with Crippen molar-refractivity contribution in [3.63, 3.8) is 0 Å². The van der Waals surface area contributed by atoms with Crippen molar-refractivity contribution in [2.45, 2.75) is 71.4 Å². The fourth-order valence-electron chi connectivity index (χ4n) is 2.48. The van der Waals surface area contributed by atoms with Gasteiger partial charge in [-0.3, -0.25) is 0 Å². The summed E-state index contributed by atoms with van der Waals surface area (Å²) >= 11 is 0. The SMILES string of the molecule is CCCNC1CCC(OCCOCCC(C)C)CC1. The summed E-state index contributed by atoms with van der Waals surface area (Å²) in [4.78, 5) is 0. The summed E-state index contributed by atoms with van der Waals surface area (Å²) in [6, 6.07) is 0.724. The molecule has 1 saturated carbocycles. The van der Waals surface area contributed by atoms with Gasteiger partial charge in [0, 0.05) is 12.6 Å². The summed E-state index contributed by atoms with van der Waals surface area (Å²) in [5.74, 6) is 0.729. The van der Waals surface area contributed by atoms with Crippen LogP contribution in [-0.2, 0) is 9.47 Å².